The molecule has 0 atom stereocenters. The van der Waals surface area contributed by atoms with Crippen molar-refractivity contribution in [1.29, 1.82) is 0 Å². The van der Waals surface area contributed by atoms with Crippen molar-refractivity contribution in [2.24, 2.45) is 0 Å². The SMILES string of the molecule is CCN(CC)CCNC(=O)OCc1c(C)cccc1C. The van der Waals surface area contributed by atoms with Gasteiger partial charge in [0.1, 0.15) is 6.61 Å². The zero-order valence-electron chi connectivity index (χ0n) is 13.0. The van der Waals surface area contributed by atoms with E-state index in [2.05, 4.69) is 24.1 Å². The van der Waals surface area contributed by atoms with Crippen LogP contribution in [-0.2, 0) is 11.3 Å². The number of carbonyl (C=O) groups excluding carboxylic acids is 1. The molecule has 0 aliphatic heterocycles. The molecule has 1 amide bonds. The summed E-state index contributed by atoms with van der Waals surface area (Å²) in [6, 6.07) is 6.08. The molecular weight excluding hydrogens is 252 g/mol. The number of carbonyl (C=O) groups is 1. The lowest BCUT2D eigenvalue weighted by Gasteiger charge is -2.18. The second-order valence-electron chi connectivity index (χ2n) is 4.90. The van der Waals surface area contributed by atoms with E-state index in [1.54, 1.807) is 0 Å². The summed E-state index contributed by atoms with van der Waals surface area (Å²) in [5.74, 6) is 0. The van der Waals surface area contributed by atoms with E-state index in [0.29, 0.717) is 13.2 Å². The Kier molecular flexibility index (Phi) is 7.09. The third-order valence-electron chi connectivity index (χ3n) is 3.58. The van der Waals surface area contributed by atoms with Crippen LogP contribution in [0.4, 0.5) is 4.79 Å². The van der Waals surface area contributed by atoms with Crippen LogP contribution < -0.4 is 5.32 Å². The van der Waals surface area contributed by atoms with Gasteiger partial charge in [0.05, 0.1) is 0 Å². The zero-order chi connectivity index (χ0) is 15.0. The topological polar surface area (TPSA) is 41.6 Å². The van der Waals surface area contributed by atoms with Gasteiger partial charge in [-0.15, -0.1) is 0 Å². The predicted octanol–water partition coefficient (Wildman–Crippen LogP) is 2.87. The molecule has 0 heterocycles. The highest BCUT2D eigenvalue weighted by Gasteiger charge is 2.07. The molecule has 1 rings (SSSR count). The first kappa shape index (κ1) is 16.5. The Morgan fingerprint density at radius 1 is 1.20 bits per heavy atom. The Balaban J connectivity index is 2.33. The van der Waals surface area contributed by atoms with Crippen LogP contribution in [0.15, 0.2) is 18.2 Å². The minimum Gasteiger partial charge on any atom is -0.445 e. The summed E-state index contributed by atoms with van der Waals surface area (Å²) in [6.45, 7) is 12.1. The minimum absolute atomic E-state index is 0.329. The fourth-order valence-corrected chi connectivity index (χ4v) is 2.12. The molecule has 0 unspecified atom stereocenters. The van der Waals surface area contributed by atoms with Crippen LogP contribution in [0.25, 0.3) is 0 Å². The second kappa shape index (κ2) is 8.59. The summed E-state index contributed by atoms with van der Waals surface area (Å²) in [7, 11) is 0. The molecule has 0 spiro atoms. The van der Waals surface area contributed by atoms with Crippen LogP contribution in [0.1, 0.15) is 30.5 Å². The van der Waals surface area contributed by atoms with Gasteiger partial charge in [-0.1, -0.05) is 32.0 Å². The van der Waals surface area contributed by atoms with Crippen LogP contribution in [0.5, 0.6) is 0 Å². The summed E-state index contributed by atoms with van der Waals surface area (Å²) in [5.41, 5.74) is 3.40. The summed E-state index contributed by atoms with van der Waals surface area (Å²) < 4.78 is 5.27. The average molecular weight is 278 g/mol. The van der Waals surface area contributed by atoms with Gasteiger partial charge in [0, 0.05) is 13.1 Å². The van der Waals surface area contributed by atoms with Crippen molar-refractivity contribution in [3.63, 3.8) is 0 Å². The van der Waals surface area contributed by atoms with Crippen LogP contribution in [0.3, 0.4) is 0 Å². The molecule has 20 heavy (non-hydrogen) atoms. The van der Waals surface area contributed by atoms with Crippen LogP contribution >= 0.6 is 0 Å². The molecule has 1 aromatic carbocycles. The Bertz CT molecular complexity index is 408. The van der Waals surface area contributed by atoms with E-state index < -0.39 is 0 Å². The molecule has 0 aromatic heterocycles. The molecule has 4 nitrogen and oxygen atoms in total. The van der Waals surface area contributed by atoms with E-state index in [-0.39, 0.29) is 6.09 Å². The van der Waals surface area contributed by atoms with E-state index in [0.717, 1.165) is 36.3 Å². The standard InChI is InChI=1S/C16H26N2O2/c1-5-18(6-2)11-10-17-16(19)20-12-15-13(3)8-7-9-14(15)4/h7-9H,5-6,10-12H2,1-4H3,(H,17,19). The van der Waals surface area contributed by atoms with Gasteiger partial charge in [0.2, 0.25) is 0 Å². The number of benzene rings is 1. The molecule has 112 valence electrons. The number of alkyl carbamates (subject to hydrolysis) is 1. The molecule has 1 N–H and O–H groups in total. The number of nitrogens with zero attached hydrogens (tertiary/aromatic N) is 1. The van der Waals surface area contributed by atoms with Gasteiger partial charge in [0.15, 0.2) is 0 Å². The van der Waals surface area contributed by atoms with E-state index in [9.17, 15) is 4.79 Å². The first-order valence-electron chi connectivity index (χ1n) is 7.26. The van der Waals surface area contributed by atoms with Crippen molar-refractivity contribution >= 4 is 6.09 Å². The predicted molar refractivity (Wildman–Crippen MR) is 81.9 cm³/mol. The number of nitrogens with one attached hydrogen (secondary N) is 1. The van der Waals surface area contributed by atoms with E-state index >= 15 is 0 Å². The maximum atomic E-state index is 11.6. The van der Waals surface area contributed by atoms with Gasteiger partial charge in [0.25, 0.3) is 0 Å². The summed E-state index contributed by atoms with van der Waals surface area (Å²) in [6.07, 6.45) is -0.347. The molecule has 0 saturated heterocycles. The average Bonchev–Trinajstić information content (AvgIpc) is 2.43. The van der Waals surface area contributed by atoms with Crippen LogP contribution in [-0.4, -0.2) is 37.2 Å². The van der Waals surface area contributed by atoms with Gasteiger partial charge in [-0.05, 0) is 43.6 Å². The molecule has 4 heteroatoms. The molecular formula is C16H26N2O2. The minimum atomic E-state index is -0.347. The first-order valence-corrected chi connectivity index (χ1v) is 7.26. The Labute approximate surface area is 122 Å². The maximum absolute atomic E-state index is 11.6. The first-order chi connectivity index (χ1) is 9.58. The lowest BCUT2D eigenvalue weighted by atomic mass is 10.0. The van der Waals surface area contributed by atoms with E-state index in [4.69, 9.17) is 4.74 Å². The highest BCUT2D eigenvalue weighted by Crippen LogP contribution is 2.14. The van der Waals surface area contributed by atoms with Crippen molar-refractivity contribution in [2.75, 3.05) is 26.2 Å². The summed E-state index contributed by atoms with van der Waals surface area (Å²) in [5, 5.41) is 2.79. The monoisotopic (exact) mass is 278 g/mol. The van der Waals surface area contributed by atoms with Crippen molar-refractivity contribution in [1.82, 2.24) is 10.2 Å². The lowest BCUT2D eigenvalue weighted by molar-refractivity contribution is 0.138. The van der Waals surface area contributed by atoms with Crippen molar-refractivity contribution < 1.29 is 9.53 Å². The summed E-state index contributed by atoms with van der Waals surface area (Å²) >= 11 is 0. The Hall–Kier alpha value is -1.55. The smallest absolute Gasteiger partial charge is 0.407 e. The van der Waals surface area contributed by atoms with Crippen LogP contribution in [0, 0.1) is 13.8 Å². The normalized spacial score (nSPS) is 10.7. The number of amides is 1. The fourth-order valence-electron chi connectivity index (χ4n) is 2.12. The van der Waals surface area contributed by atoms with Crippen LogP contribution in [0.2, 0.25) is 0 Å². The van der Waals surface area contributed by atoms with E-state index in [1.807, 2.05) is 32.0 Å². The van der Waals surface area contributed by atoms with Gasteiger partial charge < -0.3 is 15.0 Å². The third-order valence-corrected chi connectivity index (χ3v) is 3.58. The Morgan fingerprint density at radius 3 is 2.35 bits per heavy atom. The number of hydrogen-bond donors (Lipinski definition) is 1. The fraction of sp³-hybridized carbons (Fsp3) is 0.562. The van der Waals surface area contributed by atoms with Gasteiger partial charge in [-0.3, -0.25) is 0 Å². The van der Waals surface area contributed by atoms with E-state index in [1.165, 1.54) is 0 Å². The number of aryl methyl sites for hydroxylation is 2. The number of ether oxygens (including phenoxy) is 1. The quantitative estimate of drug-likeness (QED) is 0.834. The molecule has 0 aliphatic carbocycles. The van der Waals surface area contributed by atoms with Gasteiger partial charge in [-0.25, -0.2) is 4.79 Å². The van der Waals surface area contributed by atoms with Gasteiger partial charge in [-0.2, -0.15) is 0 Å². The molecule has 0 saturated carbocycles. The summed E-state index contributed by atoms with van der Waals surface area (Å²) in [4.78, 5) is 13.9. The second-order valence-corrected chi connectivity index (χ2v) is 4.90. The number of hydrogen-bond acceptors (Lipinski definition) is 3. The molecule has 1 aromatic rings. The molecule has 0 bridgehead atoms. The third kappa shape index (κ3) is 5.21. The largest absolute Gasteiger partial charge is 0.445 e. The van der Waals surface area contributed by atoms with Crippen molar-refractivity contribution in [2.45, 2.75) is 34.3 Å². The van der Waals surface area contributed by atoms with Crippen molar-refractivity contribution in [3.05, 3.63) is 34.9 Å². The highest BCUT2D eigenvalue weighted by atomic mass is 16.5. The van der Waals surface area contributed by atoms with Gasteiger partial charge >= 0.3 is 6.09 Å². The zero-order valence-corrected chi connectivity index (χ0v) is 13.0. The number of rotatable bonds is 7. The van der Waals surface area contributed by atoms with Crippen molar-refractivity contribution in [3.8, 4) is 0 Å². The molecule has 0 aliphatic rings. The number of likely N-dealkylation sites (N-methyl/N-ethyl adjacent to an activating group) is 1. The maximum Gasteiger partial charge on any atom is 0.407 e. The lowest BCUT2D eigenvalue weighted by Crippen LogP contribution is -2.35. The highest BCUT2D eigenvalue weighted by molar-refractivity contribution is 5.67. The molecule has 0 radical (unpaired) electrons. The molecule has 0 fully saturated rings. The Morgan fingerprint density at radius 2 is 1.80 bits per heavy atom.